The van der Waals surface area contributed by atoms with E-state index >= 15 is 4.39 Å². The number of benzene rings is 2. The summed E-state index contributed by atoms with van der Waals surface area (Å²) in [5.74, 6) is -2.85. The molecule has 0 amide bonds. The van der Waals surface area contributed by atoms with Crippen LogP contribution in [0.3, 0.4) is 0 Å². The Kier molecular flexibility index (Phi) is 8.22. The molecule has 48 heavy (non-hydrogen) atoms. The highest BCUT2D eigenvalue weighted by atomic mass is 19.1. The van der Waals surface area contributed by atoms with Gasteiger partial charge in [-0.25, -0.2) is 9.18 Å². The lowest BCUT2D eigenvalue weighted by atomic mass is 9.46. The van der Waals surface area contributed by atoms with Crippen molar-refractivity contribution in [2.45, 2.75) is 77.7 Å². The van der Waals surface area contributed by atoms with Crippen LogP contribution in [0.4, 0.5) is 4.39 Å². The zero-order valence-corrected chi connectivity index (χ0v) is 27.2. The molecule has 1 saturated heterocycles. The highest BCUT2D eigenvalue weighted by molar-refractivity contribution is 6.01. The minimum absolute atomic E-state index is 0.0331. The maximum absolute atomic E-state index is 16.3. The number of ketones is 2. The lowest BCUT2D eigenvalue weighted by Crippen LogP contribution is -2.58. The molecule has 2 unspecified atom stereocenters. The number of carbonyl (C=O) groups excluding carboxylic acids is 2. The van der Waals surface area contributed by atoms with Gasteiger partial charge in [0.25, 0.3) is 0 Å². The maximum Gasteiger partial charge on any atom is 0.335 e. The SMILES string of the molecule is Cc1ccc(OCc2cccc(C(=O)O)c2)c(F)c1[C@H]1OC(C(=O)CO)C2[C@@H](C[C@H]3[C@@H]4CCC5=CC(=O)C=C[C@]5(C)[C@H]4[C@@H](O)C[C@]23C)O1. The highest BCUT2D eigenvalue weighted by Crippen LogP contribution is 2.68. The van der Waals surface area contributed by atoms with Crippen LogP contribution in [-0.4, -0.2) is 57.8 Å². The molecule has 1 heterocycles. The fourth-order valence-electron chi connectivity index (χ4n) is 9.97. The van der Waals surface area contributed by atoms with Crippen molar-refractivity contribution < 1.29 is 48.3 Å². The van der Waals surface area contributed by atoms with Crippen molar-refractivity contribution in [2.75, 3.05) is 6.61 Å². The van der Waals surface area contributed by atoms with Crippen molar-refractivity contribution in [3.63, 3.8) is 0 Å². The Hall–Kier alpha value is -3.70. The van der Waals surface area contributed by atoms with Gasteiger partial charge in [-0.1, -0.05) is 43.7 Å². The fraction of sp³-hybridized carbons (Fsp3) is 0.500. The standard InChI is InChI=1S/C38H41FO9/c1-19-7-10-28(46-18-20-5-4-6-21(13-20)35(44)45)33(39)30(19)36-47-29-15-25-24-9-8-22-14-23(41)11-12-37(22,2)31(24)26(42)16-38(25,3)32(29)34(48-36)27(43)17-40/h4-7,10-14,24-26,29,31-32,34,36,40,42H,8-9,15-18H2,1-3H3,(H,44,45)/t24-,25-,26-,29+,31+,32?,34?,36+,37-,38-/m0/s1. The summed E-state index contributed by atoms with van der Waals surface area (Å²) in [5, 5.41) is 31.2. The zero-order chi connectivity index (χ0) is 34.1. The molecule has 4 fully saturated rings. The number of allylic oxidation sites excluding steroid dienone is 4. The first-order chi connectivity index (χ1) is 22.9. The molecule has 0 spiro atoms. The molecule has 10 atom stereocenters. The number of Topliss-reactive ketones (excluding diaryl/α,β-unsaturated/α-hetero) is 1. The molecule has 7 rings (SSSR count). The summed E-state index contributed by atoms with van der Waals surface area (Å²) < 4.78 is 35.0. The molecule has 3 saturated carbocycles. The molecule has 0 radical (unpaired) electrons. The number of hydrogen-bond acceptors (Lipinski definition) is 8. The molecule has 0 aromatic heterocycles. The number of aromatic carboxylic acids is 1. The lowest BCUT2D eigenvalue weighted by molar-refractivity contribution is -0.275. The first-order valence-corrected chi connectivity index (χ1v) is 16.7. The first-order valence-electron chi connectivity index (χ1n) is 16.7. The van der Waals surface area contributed by atoms with Crippen molar-refractivity contribution in [3.8, 4) is 5.75 Å². The third-order valence-electron chi connectivity index (χ3n) is 12.1. The topological polar surface area (TPSA) is 140 Å². The second kappa shape index (κ2) is 12.0. The van der Waals surface area contributed by atoms with Gasteiger partial charge in [0.05, 0.1) is 23.3 Å². The van der Waals surface area contributed by atoms with Crippen LogP contribution in [0.5, 0.6) is 5.75 Å². The third-order valence-corrected chi connectivity index (χ3v) is 12.1. The molecule has 2 aromatic rings. The molecule has 3 N–H and O–H groups in total. The fourth-order valence-corrected chi connectivity index (χ4v) is 9.97. The monoisotopic (exact) mass is 660 g/mol. The molecule has 9 nitrogen and oxygen atoms in total. The average Bonchev–Trinajstić information content (AvgIpc) is 3.35. The zero-order valence-electron chi connectivity index (χ0n) is 27.2. The predicted octanol–water partition coefficient (Wildman–Crippen LogP) is 5.26. The molecule has 5 aliphatic rings. The molecular weight excluding hydrogens is 619 g/mol. The van der Waals surface area contributed by atoms with E-state index in [4.69, 9.17) is 14.2 Å². The normalized spacial score (nSPS) is 36.7. The number of rotatable bonds is 7. The Bertz CT molecular complexity index is 1730. The number of aliphatic hydroxyl groups excluding tert-OH is 2. The summed E-state index contributed by atoms with van der Waals surface area (Å²) >= 11 is 0. The molecule has 2 aromatic carbocycles. The number of carboxylic acids is 1. The second-order valence-corrected chi connectivity index (χ2v) is 14.7. The summed E-state index contributed by atoms with van der Waals surface area (Å²) in [6.45, 7) is 5.07. The van der Waals surface area contributed by atoms with Gasteiger partial charge in [-0.2, -0.15) is 0 Å². The molecule has 4 aliphatic carbocycles. The number of halogens is 1. The van der Waals surface area contributed by atoms with Gasteiger partial charge < -0.3 is 29.5 Å². The smallest absolute Gasteiger partial charge is 0.335 e. The summed E-state index contributed by atoms with van der Waals surface area (Å²) in [7, 11) is 0. The van der Waals surface area contributed by atoms with Crippen LogP contribution in [-0.2, 0) is 25.7 Å². The Balaban J connectivity index is 1.19. The molecular formula is C38H41FO9. The van der Waals surface area contributed by atoms with E-state index in [0.29, 0.717) is 24.0 Å². The summed E-state index contributed by atoms with van der Waals surface area (Å²) in [4.78, 5) is 37.0. The van der Waals surface area contributed by atoms with Crippen molar-refractivity contribution in [2.24, 2.45) is 34.5 Å². The minimum Gasteiger partial charge on any atom is -0.486 e. The maximum atomic E-state index is 16.3. The van der Waals surface area contributed by atoms with E-state index in [9.17, 15) is 29.7 Å². The lowest BCUT2D eigenvalue weighted by Gasteiger charge is -2.59. The number of carboxylic acid groups (broad SMARTS) is 1. The van der Waals surface area contributed by atoms with Gasteiger partial charge in [0, 0.05) is 17.3 Å². The van der Waals surface area contributed by atoms with Crippen LogP contribution in [0.15, 0.2) is 60.2 Å². The van der Waals surface area contributed by atoms with Gasteiger partial charge in [-0.3, -0.25) is 9.59 Å². The quantitative estimate of drug-likeness (QED) is 0.363. The number of aliphatic hydroxyl groups is 2. The van der Waals surface area contributed by atoms with E-state index in [1.807, 2.05) is 6.08 Å². The summed E-state index contributed by atoms with van der Waals surface area (Å²) in [5.41, 5.74) is 1.30. The molecule has 1 aliphatic heterocycles. The Morgan fingerprint density at radius 1 is 1.12 bits per heavy atom. The van der Waals surface area contributed by atoms with Crippen molar-refractivity contribution in [1.82, 2.24) is 0 Å². The van der Waals surface area contributed by atoms with Crippen LogP contribution >= 0.6 is 0 Å². The average molecular weight is 661 g/mol. The highest BCUT2D eigenvalue weighted by Gasteiger charge is 2.67. The van der Waals surface area contributed by atoms with Crippen LogP contribution in [0.1, 0.15) is 72.9 Å². The van der Waals surface area contributed by atoms with Gasteiger partial charge in [0.15, 0.2) is 29.4 Å². The van der Waals surface area contributed by atoms with Gasteiger partial charge in [-0.05, 0) is 91.3 Å². The first kappa shape index (κ1) is 32.8. The number of ether oxygens (including phenoxy) is 3. The largest absolute Gasteiger partial charge is 0.486 e. The van der Waals surface area contributed by atoms with E-state index in [0.717, 1.165) is 18.4 Å². The van der Waals surface area contributed by atoms with Gasteiger partial charge in [0.2, 0.25) is 0 Å². The Labute approximate surface area is 278 Å². The second-order valence-electron chi connectivity index (χ2n) is 14.7. The predicted molar refractivity (Wildman–Crippen MR) is 170 cm³/mol. The number of hydrogen-bond donors (Lipinski definition) is 3. The molecule has 0 bridgehead atoms. The number of carbonyl (C=O) groups is 3. The number of aryl methyl sites for hydroxylation is 1. The van der Waals surface area contributed by atoms with Crippen LogP contribution in [0.2, 0.25) is 0 Å². The Morgan fingerprint density at radius 3 is 2.67 bits per heavy atom. The summed E-state index contributed by atoms with van der Waals surface area (Å²) in [6.07, 6.45) is 4.23. The minimum atomic E-state index is -1.25. The van der Waals surface area contributed by atoms with Crippen molar-refractivity contribution in [3.05, 3.63) is 88.3 Å². The van der Waals surface area contributed by atoms with Crippen molar-refractivity contribution in [1.29, 1.82) is 0 Å². The van der Waals surface area contributed by atoms with Crippen LogP contribution in [0.25, 0.3) is 0 Å². The summed E-state index contributed by atoms with van der Waals surface area (Å²) in [6, 6.07) is 9.37. The van der Waals surface area contributed by atoms with Gasteiger partial charge in [0.1, 0.15) is 19.3 Å². The van der Waals surface area contributed by atoms with Crippen molar-refractivity contribution >= 4 is 17.5 Å². The van der Waals surface area contributed by atoms with E-state index in [-0.39, 0.29) is 47.0 Å². The van der Waals surface area contributed by atoms with E-state index in [1.54, 1.807) is 37.3 Å². The third kappa shape index (κ3) is 5.16. The van der Waals surface area contributed by atoms with E-state index in [1.165, 1.54) is 18.2 Å². The Morgan fingerprint density at radius 2 is 1.92 bits per heavy atom. The van der Waals surface area contributed by atoms with Crippen LogP contribution < -0.4 is 4.74 Å². The van der Waals surface area contributed by atoms with E-state index < -0.39 is 65.5 Å². The number of fused-ring (bicyclic) bond motifs is 7. The van der Waals surface area contributed by atoms with Gasteiger partial charge in [-0.15, -0.1) is 0 Å². The van der Waals surface area contributed by atoms with Crippen LogP contribution in [0, 0.1) is 47.2 Å². The molecule has 10 heteroatoms. The van der Waals surface area contributed by atoms with E-state index in [2.05, 4.69) is 13.8 Å². The molecule has 254 valence electrons. The van der Waals surface area contributed by atoms with Gasteiger partial charge >= 0.3 is 5.97 Å².